The number of aryl methyl sites for hydroxylation is 4. The molecule has 6 rings (SSSR count). The first-order chi connectivity index (χ1) is 21.0. The highest BCUT2D eigenvalue weighted by atomic mass is 15.2. The maximum absolute atomic E-state index is 2.39. The number of rotatable bonds is 8. The summed E-state index contributed by atoms with van der Waals surface area (Å²) in [4.78, 5) is 4.76. The average molecular weight is 559 g/mol. The van der Waals surface area contributed by atoms with E-state index in [2.05, 4.69) is 183 Å². The molecule has 6 aromatic carbocycles. The SMILES string of the molecule is CCc1cccc(C)c1N(c1ccccc1)c1ccc(-c2ccc(N(c3ccccc3)c3c(C)cccc3C)cc2)cc1. The number of anilines is 6. The Morgan fingerprint density at radius 1 is 0.372 bits per heavy atom. The maximum Gasteiger partial charge on any atom is 0.0522 e. The van der Waals surface area contributed by atoms with Crippen LogP contribution in [0.4, 0.5) is 34.1 Å². The molecule has 43 heavy (non-hydrogen) atoms. The minimum atomic E-state index is 0.979. The highest BCUT2D eigenvalue weighted by molar-refractivity contribution is 5.83. The van der Waals surface area contributed by atoms with Gasteiger partial charge in [0.25, 0.3) is 0 Å². The number of benzene rings is 6. The van der Waals surface area contributed by atoms with Gasteiger partial charge in [0.15, 0.2) is 0 Å². The second kappa shape index (κ2) is 12.4. The first-order valence-electron chi connectivity index (χ1n) is 15.1. The molecule has 0 N–H and O–H groups in total. The number of hydrogen-bond acceptors (Lipinski definition) is 2. The van der Waals surface area contributed by atoms with Gasteiger partial charge < -0.3 is 9.80 Å². The molecule has 0 aliphatic heterocycles. The second-order valence-corrected chi connectivity index (χ2v) is 11.1. The van der Waals surface area contributed by atoms with E-state index in [1.165, 1.54) is 44.8 Å². The predicted octanol–water partition coefficient (Wildman–Crippen LogP) is 11.8. The van der Waals surface area contributed by atoms with Gasteiger partial charge in [-0.1, -0.05) is 104 Å². The lowest BCUT2D eigenvalue weighted by atomic mass is 10.0. The molecular weight excluding hydrogens is 520 g/mol. The Kier molecular flexibility index (Phi) is 8.11. The molecule has 0 aliphatic rings. The first kappa shape index (κ1) is 28.1. The lowest BCUT2D eigenvalue weighted by molar-refractivity contribution is 1.10. The molecule has 2 heteroatoms. The van der Waals surface area contributed by atoms with Gasteiger partial charge in [-0.05, 0) is 109 Å². The van der Waals surface area contributed by atoms with Crippen LogP contribution in [0, 0.1) is 20.8 Å². The smallest absolute Gasteiger partial charge is 0.0522 e. The van der Waals surface area contributed by atoms with E-state index in [-0.39, 0.29) is 0 Å². The first-order valence-corrected chi connectivity index (χ1v) is 15.1. The number of nitrogens with zero attached hydrogens (tertiary/aromatic N) is 2. The van der Waals surface area contributed by atoms with Gasteiger partial charge in [-0.25, -0.2) is 0 Å². The van der Waals surface area contributed by atoms with Gasteiger partial charge in [-0.3, -0.25) is 0 Å². The summed E-state index contributed by atoms with van der Waals surface area (Å²) in [6.07, 6.45) is 0.979. The van der Waals surface area contributed by atoms with Crippen molar-refractivity contribution in [1.82, 2.24) is 0 Å². The zero-order valence-electron chi connectivity index (χ0n) is 25.5. The topological polar surface area (TPSA) is 6.48 Å². The van der Waals surface area contributed by atoms with Gasteiger partial charge in [-0.15, -0.1) is 0 Å². The Morgan fingerprint density at radius 2 is 0.744 bits per heavy atom. The van der Waals surface area contributed by atoms with Crippen LogP contribution < -0.4 is 9.80 Å². The summed E-state index contributed by atoms with van der Waals surface area (Å²) in [6.45, 7) is 8.81. The van der Waals surface area contributed by atoms with Crippen LogP contribution in [0.2, 0.25) is 0 Å². The highest BCUT2D eigenvalue weighted by Gasteiger charge is 2.19. The van der Waals surface area contributed by atoms with Gasteiger partial charge in [0.2, 0.25) is 0 Å². The summed E-state index contributed by atoms with van der Waals surface area (Å²) in [6, 6.07) is 52.3. The third-order valence-corrected chi connectivity index (χ3v) is 8.20. The van der Waals surface area contributed by atoms with Crippen LogP contribution in [0.3, 0.4) is 0 Å². The highest BCUT2D eigenvalue weighted by Crippen LogP contribution is 2.41. The van der Waals surface area contributed by atoms with Gasteiger partial charge in [0.05, 0.1) is 11.4 Å². The lowest BCUT2D eigenvalue weighted by Gasteiger charge is -2.29. The van der Waals surface area contributed by atoms with E-state index in [0.717, 1.165) is 29.2 Å². The van der Waals surface area contributed by atoms with Crippen molar-refractivity contribution in [3.63, 3.8) is 0 Å². The van der Waals surface area contributed by atoms with E-state index in [9.17, 15) is 0 Å². The van der Waals surface area contributed by atoms with Crippen molar-refractivity contribution in [2.75, 3.05) is 9.80 Å². The van der Waals surface area contributed by atoms with Crippen LogP contribution in [-0.2, 0) is 6.42 Å². The number of para-hydroxylation sites is 4. The molecule has 212 valence electrons. The van der Waals surface area contributed by atoms with Crippen LogP contribution in [0.1, 0.15) is 29.2 Å². The average Bonchev–Trinajstić information content (AvgIpc) is 3.05. The van der Waals surface area contributed by atoms with E-state index in [4.69, 9.17) is 0 Å². The van der Waals surface area contributed by atoms with E-state index < -0.39 is 0 Å². The van der Waals surface area contributed by atoms with Crippen LogP contribution in [0.15, 0.2) is 146 Å². The normalized spacial score (nSPS) is 10.9. The quantitative estimate of drug-likeness (QED) is 0.183. The van der Waals surface area contributed by atoms with Crippen molar-refractivity contribution in [1.29, 1.82) is 0 Å². The van der Waals surface area contributed by atoms with Crippen molar-refractivity contribution in [2.45, 2.75) is 34.1 Å². The zero-order chi connectivity index (χ0) is 29.8. The van der Waals surface area contributed by atoms with Gasteiger partial charge >= 0.3 is 0 Å². The fourth-order valence-electron chi connectivity index (χ4n) is 6.06. The maximum atomic E-state index is 2.39. The molecule has 0 fully saturated rings. The van der Waals surface area contributed by atoms with Gasteiger partial charge in [0, 0.05) is 22.7 Å². The molecule has 6 aromatic rings. The Morgan fingerprint density at radius 3 is 1.19 bits per heavy atom. The van der Waals surface area contributed by atoms with E-state index in [1.54, 1.807) is 0 Å². The van der Waals surface area contributed by atoms with Crippen LogP contribution in [0.25, 0.3) is 11.1 Å². The summed E-state index contributed by atoms with van der Waals surface area (Å²) in [5.41, 5.74) is 14.6. The fourth-order valence-corrected chi connectivity index (χ4v) is 6.06. The molecule has 0 radical (unpaired) electrons. The van der Waals surface area contributed by atoms with Crippen molar-refractivity contribution in [2.24, 2.45) is 0 Å². The molecule has 0 spiro atoms. The molecule has 0 unspecified atom stereocenters. The van der Waals surface area contributed by atoms with Gasteiger partial charge in [0.1, 0.15) is 0 Å². The second-order valence-electron chi connectivity index (χ2n) is 11.1. The summed E-state index contributed by atoms with van der Waals surface area (Å²) in [5, 5.41) is 0. The lowest BCUT2D eigenvalue weighted by Crippen LogP contribution is -2.13. The Labute approximate surface area is 256 Å². The van der Waals surface area contributed by atoms with Crippen molar-refractivity contribution < 1.29 is 0 Å². The predicted molar refractivity (Wildman–Crippen MR) is 185 cm³/mol. The Hall–Kier alpha value is -5.08. The Balaban J connectivity index is 1.36. The third-order valence-electron chi connectivity index (χ3n) is 8.20. The van der Waals surface area contributed by atoms with E-state index >= 15 is 0 Å². The third kappa shape index (κ3) is 5.69. The molecule has 0 aliphatic carbocycles. The Bertz CT molecular complexity index is 1790. The van der Waals surface area contributed by atoms with Crippen LogP contribution in [0.5, 0.6) is 0 Å². The van der Waals surface area contributed by atoms with Crippen molar-refractivity contribution in [3.8, 4) is 11.1 Å². The molecule has 0 bridgehead atoms. The zero-order valence-corrected chi connectivity index (χ0v) is 25.5. The monoisotopic (exact) mass is 558 g/mol. The molecule has 2 nitrogen and oxygen atoms in total. The molecule has 0 heterocycles. The van der Waals surface area contributed by atoms with E-state index in [1.807, 2.05) is 0 Å². The summed E-state index contributed by atoms with van der Waals surface area (Å²) >= 11 is 0. The van der Waals surface area contributed by atoms with Crippen molar-refractivity contribution in [3.05, 3.63) is 168 Å². The molecular formula is C41H38N2. The van der Waals surface area contributed by atoms with Crippen LogP contribution in [-0.4, -0.2) is 0 Å². The van der Waals surface area contributed by atoms with E-state index in [0.29, 0.717) is 0 Å². The largest absolute Gasteiger partial charge is 0.310 e. The van der Waals surface area contributed by atoms with Crippen molar-refractivity contribution >= 4 is 34.1 Å². The summed E-state index contributed by atoms with van der Waals surface area (Å²) in [7, 11) is 0. The summed E-state index contributed by atoms with van der Waals surface area (Å²) in [5.74, 6) is 0. The molecule has 0 saturated carbocycles. The molecule has 0 aromatic heterocycles. The molecule has 0 atom stereocenters. The molecule has 0 amide bonds. The number of hydrogen-bond donors (Lipinski definition) is 0. The van der Waals surface area contributed by atoms with Crippen LogP contribution >= 0.6 is 0 Å². The minimum Gasteiger partial charge on any atom is -0.310 e. The summed E-state index contributed by atoms with van der Waals surface area (Å²) < 4.78 is 0. The molecule has 0 saturated heterocycles. The van der Waals surface area contributed by atoms with Gasteiger partial charge in [-0.2, -0.15) is 0 Å². The fraction of sp³-hybridized carbons (Fsp3) is 0.122. The standard InChI is InChI=1S/C41H38N2/c1-5-33-17-13-16-32(4)41(33)43(37-20-10-7-11-21-37)39-28-24-35(25-29-39)34-22-26-38(27-23-34)42(36-18-8-6-9-19-36)40-30(2)14-12-15-31(40)3/h6-29H,5H2,1-4H3. The minimum absolute atomic E-state index is 0.979.